The first-order valence-electron chi connectivity index (χ1n) is 5.41. The average molecular weight is 255 g/mol. The maximum atomic E-state index is 11.3. The Morgan fingerprint density at radius 2 is 2.22 bits per heavy atom. The SMILES string of the molecule is COCC(CO)Nc1cc(C)nc(C(=O)OC)n1. The summed E-state index contributed by atoms with van der Waals surface area (Å²) in [6, 6.07) is 1.37. The zero-order chi connectivity index (χ0) is 13.5. The van der Waals surface area contributed by atoms with Crippen molar-refractivity contribution in [1.29, 1.82) is 0 Å². The third kappa shape index (κ3) is 3.94. The van der Waals surface area contributed by atoms with Crippen molar-refractivity contribution in [2.24, 2.45) is 0 Å². The molecule has 0 aliphatic carbocycles. The smallest absolute Gasteiger partial charge is 0.376 e. The van der Waals surface area contributed by atoms with Crippen LogP contribution in [0.2, 0.25) is 0 Å². The Morgan fingerprint density at radius 1 is 1.50 bits per heavy atom. The van der Waals surface area contributed by atoms with Crippen LogP contribution in [0.4, 0.5) is 5.82 Å². The molecule has 0 saturated carbocycles. The van der Waals surface area contributed by atoms with Crippen LogP contribution in [0, 0.1) is 6.92 Å². The summed E-state index contributed by atoms with van der Waals surface area (Å²) in [5.74, 6) is -0.179. The van der Waals surface area contributed by atoms with Gasteiger partial charge in [0.2, 0.25) is 5.82 Å². The van der Waals surface area contributed by atoms with Crippen molar-refractivity contribution in [3.05, 3.63) is 17.6 Å². The summed E-state index contributed by atoms with van der Waals surface area (Å²) in [6.45, 7) is 1.96. The maximum Gasteiger partial charge on any atom is 0.376 e. The van der Waals surface area contributed by atoms with Gasteiger partial charge in [-0.3, -0.25) is 0 Å². The highest BCUT2D eigenvalue weighted by Crippen LogP contribution is 2.08. The van der Waals surface area contributed by atoms with E-state index in [9.17, 15) is 4.79 Å². The van der Waals surface area contributed by atoms with Crippen molar-refractivity contribution in [2.45, 2.75) is 13.0 Å². The van der Waals surface area contributed by atoms with E-state index < -0.39 is 5.97 Å². The number of ether oxygens (including phenoxy) is 2. The first-order valence-corrected chi connectivity index (χ1v) is 5.41. The van der Waals surface area contributed by atoms with E-state index in [4.69, 9.17) is 9.84 Å². The van der Waals surface area contributed by atoms with Crippen LogP contribution in [0.1, 0.15) is 16.3 Å². The standard InChI is InChI=1S/C11H17N3O4/c1-7-4-9(13-8(5-15)6-17-2)14-10(12-7)11(16)18-3/h4,8,15H,5-6H2,1-3H3,(H,12,13,14). The van der Waals surface area contributed by atoms with Crippen molar-refractivity contribution in [3.63, 3.8) is 0 Å². The van der Waals surface area contributed by atoms with E-state index in [0.717, 1.165) is 0 Å². The molecule has 7 heteroatoms. The first kappa shape index (κ1) is 14.3. The topological polar surface area (TPSA) is 93.6 Å². The van der Waals surface area contributed by atoms with Gasteiger partial charge in [-0.15, -0.1) is 0 Å². The Kier molecular flexibility index (Phi) is 5.47. The number of esters is 1. The number of hydrogen-bond donors (Lipinski definition) is 2. The highest BCUT2D eigenvalue weighted by atomic mass is 16.5. The minimum atomic E-state index is -0.603. The van der Waals surface area contributed by atoms with E-state index in [-0.39, 0.29) is 18.5 Å². The number of nitrogens with zero attached hydrogens (tertiary/aromatic N) is 2. The second kappa shape index (κ2) is 6.87. The van der Waals surface area contributed by atoms with Gasteiger partial charge in [-0.1, -0.05) is 0 Å². The molecular formula is C11H17N3O4. The zero-order valence-electron chi connectivity index (χ0n) is 10.6. The van der Waals surface area contributed by atoms with Gasteiger partial charge in [0.15, 0.2) is 0 Å². The minimum Gasteiger partial charge on any atom is -0.463 e. The maximum absolute atomic E-state index is 11.3. The third-order valence-corrected chi connectivity index (χ3v) is 2.16. The van der Waals surface area contributed by atoms with Crippen LogP contribution in [-0.4, -0.2) is 54.5 Å². The molecule has 0 spiro atoms. The summed E-state index contributed by atoms with van der Waals surface area (Å²) >= 11 is 0. The summed E-state index contributed by atoms with van der Waals surface area (Å²) in [4.78, 5) is 19.3. The molecule has 1 heterocycles. The van der Waals surface area contributed by atoms with Crippen LogP contribution in [0.15, 0.2) is 6.07 Å². The van der Waals surface area contributed by atoms with Gasteiger partial charge in [0, 0.05) is 18.9 Å². The fraction of sp³-hybridized carbons (Fsp3) is 0.545. The molecule has 18 heavy (non-hydrogen) atoms. The predicted molar refractivity (Wildman–Crippen MR) is 64.5 cm³/mol. The monoisotopic (exact) mass is 255 g/mol. The predicted octanol–water partition coefficient (Wildman–Crippen LogP) is -0.00918. The van der Waals surface area contributed by atoms with Crippen LogP contribution >= 0.6 is 0 Å². The molecule has 0 amide bonds. The van der Waals surface area contributed by atoms with Gasteiger partial charge in [0.05, 0.1) is 26.4 Å². The number of anilines is 1. The molecule has 0 fully saturated rings. The summed E-state index contributed by atoms with van der Waals surface area (Å²) in [5, 5.41) is 12.1. The van der Waals surface area contributed by atoms with Crippen LogP contribution in [0.25, 0.3) is 0 Å². The van der Waals surface area contributed by atoms with Gasteiger partial charge < -0.3 is 19.9 Å². The minimum absolute atomic E-state index is 0.0193. The van der Waals surface area contributed by atoms with Crippen LogP contribution in [0.5, 0.6) is 0 Å². The number of aryl methyl sites for hydroxylation is 1. The number of rotatable bonds is 6. The second-order valence-electron chi connectivity index (χ2n) is 3.69. The Morgan fingerprint density at radius 3 is 2.78 bits per heavy atom. The molecule has 7 nitrogen and oxygen atoms in total. The molecule has 100 valence electrons. The summed E-state index contributed by atoms with van der Waals surface area (Å²) in [7, 11) is 2.80. The van der Waals surface area contributed by atoms with E-state index in [1.807, 2.05) is 0 Å². The van der Waals surface area contributed by atoms with E-state index in [0.29, 0.717) is 18.1 Å². The summed E-state index contributed by atoms with van der Waals surface area (Å²) in [5.41, 5.74) is 0.627. The number of aliphatic hydroxyl groups is 1. The number of hydrogen-bond acceptors (Lipinski definition) is 7. The highest BCUT2D eigenvalue weighted by molar-refractivity contribution is 5.85. The molecular weight excluding hydrogens is 238 g/mol. The molecule has 1 aromatic heterocycles. The molecule has 0 saturated heterocycles. The highest BCUT2D eigenvalue weighted by Gasteiger charge is 2.13. The van der Waals surface area contributed by atoms with Crippen molar-refractivity contribution in [3.8, 4) is 0 Å². The van der Waals surface area contributed by atoms with Gasteiger partial charge in [0.25, 0.3) is 0 Å². The molecule has 1 unspecified atom stereocenters. The quantitative estimate of drug-likeness (QED) is 0.690. The zero-order valence-corrected chi connectivity index (χ0v) is 10.6. The van der Waals surface area contributed by atoms with Crippen molar-refractivity contribution >= 4 is 11.8 Å². The summed E-state index contributed by atoms with van der Waals surface area (Å²) < 4.78 is 9.50. The normalized spacial score (nSPS) is 12.0. The molecule has 1 atom stereocenters. The van der Waals surface area contributed by atoms with Crippen LogP contribution < -0.4 is 5.32 Å². The largest absolute Gasteiger partial charge is 0.463 e. The van der Waals surface area contributed by atoms with Crippen molar-refractivity contribution in [2.75, 3.05) is 32.8 Å². The number of carbonyl (C=O) groups is 1. The fourth-order valence-electron chi connectivity index (χ4n) is 1.38. The molecule has 1 aromatic rings. The Labute approximate surface area is 105 Å². The molecule has 1 rings (SSSR count). The van der Waals surface area contributed by atoms with Crippen molar-refractivity contribution in [1.82, 2.24) is 9.97 Å². The number of methoxy groups -OCH3 is 2. The lowest BCUT2D eigenvalue weighted by atomic mass is 10.3. The third-order valence-electron chi connectivity index (χ3n) is 2.16. The van der Waals surface area contributed by atoms with Gasteiger partial charge in [-0.05, 0) is 6.92 Å². The lowest BCUT2D eigenvalue weighted by Gasteiger charge is -2.16. The lowest BCUT2D eigenvalue weighted by molar-refractivity contribution is 0.0586. The Bertz CT molecular complexity index is 411. The first-order chi connectivity index (χ1) is 8.60. The Hall–Kier alpha value is -1.73. The van der Waals surface area contributed by atoms with E-state index in [1.54, 1.807) is 13.0 Å². The molecule has 0 aliphatic heterocycles. The number of carbonyl (C=O) groups excluding carboxylic acids is 1. The van der Waals surface area contributed by atoms with E-state index >= 15 is 0 Å². The number of nitrogens with one attached hydrogen (secondary N) is 1. The molecule has 0 aromatic carbocycles. The van der Waals surface area contributed by atoms with E-state index in [1.165, 1.54) is 14.2 Å². The number of aliphatic hydroxyl groups excluding tert-OH is 1. The molecule has 2 N–H and O–H groups in total. The second-order valence-corrected chi connectivity index (χ2v) is 3.69. The van der Waals surface area contributed by atoms with E-state index in [2.05, 4.69) is 20.0 Å². The van der Waals surface area contributed by atoms with Crippen molar-refractivity contribution < 1.29 is 19.4 Å². The lowest BCUT2D eigenvalue weighted by Crippen LogP contribution is -2.29. The average Bonchev–Trinajstić information content (AvgIpc) is 2.36. The molecule has 0 aliphatic rings. The Balaban J connectivity index is 2.88. The molecule has 0 radical (unpaired) electrons. The van der Waals surface area contributed by atoms with Crippen LogP contribution in [0.3, 0.4) is 0 Å². The van der Waals surface area contributed by atoms with Crippen LogP contribution in [-0.2, 0) is 9.47 Å². The summed E-state index contributed by atoms with van der Waals surface area (Å²) in [6.07, 6.45) is 0. The van der Waals surface area contributed by atoms with Gasteiger partial charge in [0.1, 0.15) is 5.82 Å². The number of aromatic nitrogens is 2. The molecule has 0 bridgehead atoms. The van der Waals surface area contributed by atoms with Gasteiger partial charge in [-0.2, -0.15) is 0 Å². The van der Waals surface area contributed by atoms with Gasteiger partial charge in [-0.25, -0.2) is 14.8 Å². The fourth-order valence-corrected chi connectivity index (χ4v) is 1.38. The van der Waals surface area contributed by atoms with Gasteiger partial charge >= 0.3 is 5.97 Å².